The highest BCUT2D eigenvalue weighted by atomic mass is 16.1. The summed E-state index contributed by atoms with van der Waals surface area (Å²) >= 11 is 0. The van der Waals surface area contributed by atoms with Crippen molar-refractivity contribution in [3.63, 3.8) is 0 Å². The molecule has 2 heteroatoms. The molecule has 2 aliphatic rings. The zero-order valence-corrected chi connectivity index (χ0v) is 10.8. The monoisotopic (exact) mass is 241 g/mol. The van der Waals surface area contributed by atoms with E-state index in [1.54, 1.807) is 0 Å². The predicted octanol–water partition coefficient (Wildman–Crippen LogP) is 2.68. The zero-order chi connectivity index (χ0) is 12.6. The average Bonchev–Trinajstić information content (AvgIpc) is 2.74. The first kappa shape index (κ1) is 11.7. The Hall–Kier alpha value is -1.41. The minimum absolute atomic E-state index is 0.113. The molecule has 0 aromatic heterocycles. The lowest BCUT2D eigenvalue weighted by atomic mass is 9.75. The van der Waals surface area contributed by atoms with Crippen LogP contribution >= 0.6 is 0 Å². The van der Waals surface area contributed by atoms with Gasteiger partial charge in [0.2, 0.25) is 0 Å². The molecule has 1 heterocycles. The number of hydrogen-bond donors (Lipinski definition) is 1. The van der Waals surface area contributed by atoms with Gasteiger partial charge in [0.1, 0.15) is 0 Å². The van der Waals surface area contributed by atoms with Gasteiger partial charge in [0, 0.05) is 17.4 Å². The molecule has 18 heavy (non-hydrogen) atoms. The summed E-state index contributed by atoms with van der Waals surface area (Å²) < 4.78 is 0. The van der Waals surface area contributed by atoms with Crippen molar-refractivity contribution < 1.29 is 4.79 Å². The van der Waals surface area contributed by atoms with Crippen LogP contribution in [0.15, 0.2) is 30.3 Å². The third kappa shape index (κ3) is 1.64. The van der Waals surface area contributed by atoms with Gasteiger partial charge in [-0.3, -0.25) is 4.79 Å². The molecule has 1 spiro atoms. The van der Waals surface area contributed by atoms with Crippen molar-refractivity contribution in [1.82, 2.24) is 5.32 Å². The van der Waals surface area contributed by atoms with Gasteiger partial charge in [-0.05, 0) is 37.1 Å². The minimum atomic E-state index is 0.113. The third-order valence-corrected chi connectivity index (χ3v) is 4.29. The van der Waals surface area contributed by atoms with Crippen molar-refractivity contribution in [2.45, 2.75) is 31.6 Å². The summed E-state index contributed by atoms with van der Waals surface area (Å²) in [6.45, 7) is 4.02. The first-order valence-corrected chi connectivity index (χ1v) is 6.83. The first-order chi connectivity index (χ1) is 8.77. The number of allylic oxidation sites excluding steroid dienone is 2. The maximum Gasteiger partial charge on any atom is 0.162 e. The van der Waals surface area contributed by atoms with Crippen LogP contribution in [-0.2, 0) is 10.2 Å². The summed E-state index contributed by atoms with van der Waals surface area (Å²) in [7, 11) is 0. The number of fused-ring (bicyclic) bond motifs is 2. The van der Waals surface area contributed by atoms with E-state index >= 15 is 0 Å². The van der Waals surface area contributed by atoms with Crippen molar-refractivity contribution in [2.24, 2.45) is 0 Å². The van der Waals surface area contributed by atoms with Gasteiger partial charge < -0.3 is 5.32 Å². The normalized spacial score (nSPS) is 20.6. The van der Waals surface area contributed by atoms with Crippen LogP contribution in [-0.4, -0.2) is 18.9 Å². The molecule has 94 valence electrons. The quantitative estimate of drug-likeness (QED) is 0.862. The number of rotatable bonds is 2. The van der Waals surface area contributed by atoms with Crippen molar-refractivity contribution in [2.75, 3.05) is 13.1 Å². The van der Waals surface area contributed by atoms with Crippen LogP contribution in [0, 0.1) is 0 Å². The molecule has 0 unspecified atom stereocenters. The van der Waals surface area contributed by atoms with E-state index in [1.807, 2.05) is 13.0 Å². The molecule has 0 bridgehead atoms. The molecule has 1 aliphatic carbocycles. The zero-order valence-electron chi connectivity index (χ0n) is 10.8. The second-order valence-electron chi connectivity index (χ2n) is 5.29. The van der Waals surface area contributed by atoms with Gasteiger partial charge in [-0.25, -0.2) is 0 Å². The Kier molecular flexibility index (Phi) is 2.83. The Morgan fingerprint density at radius 1 is 1.28 bits per heavy atom. The molecular formula is C16H19NO. The second kappa shape index (κ2) is 4.36. The van der Waals surface area contributed by atoms with Gasteiger partial charge in [0.25, 0.3) is 0 Å². The smallest absolute Gasteiger partial charge is 0.162 e. The Morgan fingerprint density at radius 2 is 2.00 bits per heavy atom. The van der Waals surface area contributed by atoms with E-state index in [-0.39, 0.29) is 11.2 Å². The van der Waals surface area contributed by atoms with Crippen molar-refractivity contribution in [3.05, 3.63) is 41.5 Å². The van der Waals surface area contributed by atoms with Gasteiger partial charge in [-0.15, -0.1) is 0 Å². The molecule has 1 fully saturated rings. The predicted molar refractivity (Wildman–Crippen MR) is 73.5 cm³/mol. The molecule has 0 atom stereocenters. The fraction of sp³-hybridized carbons (Fsp3) is 0.438. The number of carbonyl (C=O) groups is 1. The van der Waals surface area contributed by atoms with Crippen LogP contribution in [0.5, 0.6) is 0 Å². The van der Waals surface area contributed by atoms with Crippen molar-refractivity contribution in [1.29, 1.82) is 0 Å². The molecule has 0 saturated carbocycles. The molecule has 1 aliphatic heterocycles. The first-order valence-electron chi connectivity index (χ1n) is 6.83. The van der Waals surface area contributed by atoms with Crippen molar-refractivity contribution >= 4 is 11.4 Å². The lowest BCUT2D eigenvalue weighted by molar-refractivity contribution is -0.113. The standard InChI is InChI=1S/C16H19NO/c1-2-15(18)13-11-16(7-9-17-10-8-16)14-6-4-3-5-12(13)14/h3-6,11,17H,2,7-10H2,1H3. The topological polar surface area (TPSA) is 29.1 Å². The summed E-state index contributed by atoms with van der Waals surface area (Å²) in [6, 6.07) is 8.43. The summed E-state index contributed by atoms with van der Waals surface area (Å²) in [4.78, 5) is 12.1. The number of ketones is 1. The molecule has 1 N–H and O–H groups in total. The Labute approximate surface area is 108 Å². The summed E-state index contributed by atoms with van der Waals surface area (Å²) in [5.41, 5.74) is 3.60. The maximum atomic E-state index is 12.1. The molecule has 1 saturated heterocycles. The number of piperidine rings is 1. The fourth-order valence-electron chi connectivity index (χ4n) is 3.29. The van der Waals surface area contributed by atoms with E-state index in [9.17, 15) is 4.79 Å². The number of hydrogen-bond acceptors (Lipinski definition) is 2. The van der Waals surface area contributed by atoms with Crippen LogP contribution in [0.3, 0.4) is 0 Å². The average molecular weight is 241 g/mol. The Balaban J connectivity index is 2.12. The van der Waals surface area contributed by atoms with Crippen LogP contribution in [0.25, 0.3) is 5.57 Å². The number of nitrogens with one attached hydrogen (secondary N) is 1. The molecular weight excluding hydrogens is 222 g/mol. The maximum absolute atomic E-state index is 12.1. The Bertz CT molecular complexity index is 510. The highest BCUT2D eigenvalue weighted by molar-refractivity contribution is 6.22. The summed E-state index contributed by atoms with van der Waals surface area (Å²) in [5.74, 6) is 0.276. The molecule has 1 aromatic carbocycles. The lowest BCUT2D eigenvalue weighted by Crippen LogP contribution is -2.37. The molecule has 3 rings (SSSR count). The van der Waals surface area contributed by atoms with Gasteiger partial charge >= 0.3 is 0 Å². The fourth-order valence-corrected chi connectivity index (χ4v) is 3.29. The SMILES string of the molecule is CCC(=O)C1=CC2(CCNCC2)c2ccccc21. The van der Waals surface area contributed by atoms with E-state index in [2.05, 4.69) is 29.6 Å². The minimum Gasteiger partial charge on any atom is -0.317 e. The van der Waals surface area contributed by atoms with Crippen LogP contribution < -0.4 is 5.32 Å². The summed E-state index contributed by atoms with van der Waals surface area (Å²) in [6.07, 6.45) is 5.05. The number of benzene rings is 1. The molecule has 2 nitrogen and oxygen atoms in total. The lowest BCUT2D eigenvalue weighted by Gasteiger charge is -2.33. The molecule has 0 amide bonds. The van der Waals surface area contributed by atoms with E-state index < -0.39 is 0 Å². The van der Waals surface area contributed by atoms with Crippen LogP contribution in [0.1, 0.15) is 37.3 Å². The summed E-state index contributed by atoms with van der Waals surface area (Å²) in [5, 5.41) is 3.41. The van der Waals surface area contributed by atoms with Gasteiger partial charge in [0.05, 0.1) is 0 Å². The van der Waals surface area contributed by atoms with Gasteiger partial charge in [0.15, 0.2) is 5.78 Å². The van der Waals surface area contributed by atoms with E-state index in [1.165, 1.54) is 11.1 Å². The largest absolute Gasteiger partial charge is 0.317 e. The van der Waals surface area contributed by atoms with Crippen LogP contribution in [0.2, 0.25) is 0 Å². The van der Waals surface area contributed by atoms with Crippen molar-refractivity contribution in [3.8, 4) is 0 Å². The number of carbonyl (C=O) groups excluding carboxylic acids is 1. The number of Topliss-reactive ketones (excluding diaryl/α,β-unsaturated/α-hetero) is 1. The van der Waals surface area contributed by atoms with E-state index in [4.69, 9.17) is 0 Å². The van der Waals surface area contributed by atoms with Crippen LogP contribution in [0.4, 0.5) is 0 Å². The highest BCUT2D eigenvalue weighted by Crippen LogP contribution is 2.46. The van der Waals surface area contributed by atoms with Gasteiger partial charge in [-0.1, -0.05) is 37.3 Å². The Morgan fingerprint density at radius 3 is 2.72 bits per heavy atom. The van der Waals surface area contributed by atoms with E-state index in [0.717, 1.165) is 31.5 Å². The third-order valence-electron chi connectivity index (χ3n) is 4.29. The van der Waals surface area contributed by atoms with E-state index in [0.29, 0.717) is 6.42 Å². The molecule has 0 radical (unpaired) electrons. The highest BCUT2D eigenvalue weighted by Gasteiger charge is 2.39. The second-order valence-corrected chi connectivity index (χ2v) is 5.29. The van der Waals surface area contributed by atoms with Gasteiger partial charge in [-0.2, -0.15) is 0 Å². The molecule has 1 aromatic rings.